The maximum absolute atomic E-state index is 12.5. The predicted molar refractivity (Wildman–Crippen MR) is 109 cm³/mol. The van der Waals surface area contributed by atoms with Gasteiger partial charge in [-0.05, 0) is 43.6 Å². The lowest BCUT2D eigenvalue weighted by Gasteiger charge is -2.28. The molecule has 1 atom stereocenters. The van der Waals surface area contributed by atoms with Crippen LogP contribution in [0.3, 0.4) is 0 Å². The molecule has 2 aliphatic rings. The number of ether oxygens (including phenoxy) is 2. The molecule has 0 bridgehead atoms. The van der Waals surface area contributed by atoms with Crippen LogP contribution in [0.1, 0.15) is 38.3 Å². The first-order valence-corrected chi connectivity index (χ1v) is 9.86. The van der Waals surface area contributed by atoms with Crippen LogP contribution in [0.5, 0.6) is 11.5 Å². The summed E-state index contributed by atoms with van der Waals surface area (Å²) in [5, 5.41) is 5.92. The fourth-order valence-electron chi connectivity index (χ4n) is 3.85. The summed E-state index contributed by atoms with van der Waals surface area (Å²) in [4.78, 5) is 14.9. The Labute approximate surface area is 165 Å². The Morgan fingerprint density at radius 2 is 1.79 bits per heavy atom. The van der Waals surface area contributed by atoms with E-state index in [9.17, 15) is 4.79 Å². The number of nitrogens with one attached hydrogen (secondary N) is 2. The number of hydrogen-bond acceptors (Lipinski definition) is 4. The Bertz CT molecular complexity index is 832. The van der Waals surface area contributed by atoms with E-state index < -0.39 is 5.79 Å². The minimum atomic E-state index is -0.679. The van der Waals surface area contributed by atoms with Gasteiger partial charge < -0.3 is 20.1 Å². The van der Waals surface area contributed by atoms with E-state index in [1.165, 1.54) is 18.4 Å². The number of urea groups is 1. The van der Waals surface area contributed by atoms with E-state index in [1.54, 1.807) is 6.07 Å². The topological polar surface area (TPSA) is 62.8 Å². The normalized spacial score (nSPS) is 18.6. The molecule has 1 unspecified atom stereocenters. The van der Waals surface area contributed by atoms with Crippen LogP contribution in [0.4, 0.5) is 10.5 Å². The Balaban J connectivity index is 1.38. The van der Waals surface area contributed by atoms with Crippen LogP contribution < -0.4 is 20.1 Å². The van der Waals surface area contributed by atoms with Gasteiger partial charge in [0, 0.05) is 32.1 Å². The molecule has 2 aromatic carbocycles. The van der Waals surface area contributed by atoms with Gasteiger partial charge in [0.25, 0.3) is 0 Å². The minimum Gasteiger partial charge on any atom is -0.449 e. The van der Waals surface area contributed by atoms with E-state index in [0.29, 0.717) is 23.7 Å². The third-order valence-electron chi connectivity index (χ3n) is 5.13. The molecule has 0 aromatic heterocycles. The third kappa shape index (κ3) is 4.22. The molecule has 2 heterocycles. The molecule has 2 amide bonds. The molecule has 6 nitrogen and oxygen atoms in total. The summed E-state index contributed by atoms with van der Waals surface area (Å²) in [6.07, 6.45) is 2.42. The van der Waals surface area contributed by atoms with E-state index in [0.717, 1.165) is 13.1 Å². The van der Waals surface area contributed by atoms with Gasteiger partial charge in [0.15, 0.2) is 11.5 Å². The monoisotopic (exact) mass is 381 g/mol. The summed E-state index contributed by atoms with van der Waals surface area (Å²) >= 11 is 0. The van der Waals surface area contributed by atoms with Crippen molar-refractivity contribution < 1.29 is 14.3 Å². The molecule has 1 saturated heterocycles. The minimum absolute atomic E-state index is 0.187. The third-order valence-corrected chi connectivity index (χ3v) is 5.13. The Hall–Kier alpha value is -2.73. The van der Waals surface area contributed by atoms with Crippen molar-refractivity contribution in [2.24, 2.45) is 0 Å². The van der Waals surface area contributed by atoms with Crippen molar-refractivity contribution in [3.8, 4) is 11.5 Å². The lowest BCUT2D eigenvalue weighted by Crippen LogP contribution is -2.38. The molecule has 0 saturated carbocycles. The van der Waals surface area contributed by atoms with Crippen LogP contribution >= 0.6 is 0 Å². The van der Waals surface area contributed by atoms with Gasteiger partial charge in [-0.25, -0.2) is 4.79 Å². The summed E-state index contributed by atoms with van der Waals surface area (Å²) < 4.78 is 11.4. The molecule has 1 fully saturated rings. The molecule has 0 spiro atoms. The van der Waals surface area contributed by atoms with Crippen LogP contribution in [-0.2, 0) is 0 Å². The molecule has 6 heteroatoms. The number of anilines is 1. The molecular weight excluding hydrogens is 354 g/mol. The zero-order valence-corrected chi connectivity index (χ0v) is 16.4. The van der Waals surface area contributed by atoms with E-state index >= 15 is 0 Å². The van der Waals surface area contributed by atoms with Crippen molar-refractivity contribution >= 4 is 11.7 Å². The van der Waals surface area contributed by atoms with Gasteiger partial charge in [-0.3, -0.25) is 4.90 Å². The molecular formula is C22H27N3O3. The van der Waals surface area contributed by atoms with Gasteiger partial charge in [-0.2, -0.15) is 0 Å². The number of benzene rings is 2. The second kappa shape index (κ2) is 7.72. The number of fused-ring (bicyclic) bond motifs is 1. The van der Waals surface area contributed by atoms with Crippen LogP contribution in [0.25, 0.3) is 0 Å². The van der Waals surface area contributed by atoms with Crippen LogP contribution in [0.2, 0.25) is 0 Å². The maximum atomic E-state index is 12.5. The van der Waals surface area contributed by atoms with Gasteiger partial charge in [0.05, 0.1) is 6.04 Å². The van der Waals surface area contributed by atoms with Crippen LogP contribution in [0.15, 0.2) is 48.5 Å². The fourth-order valence-corrected chi connectivity index (χ4v) is 3.85. The number of rotatable bonds is 5. The van der Waals surface area contributed by atoms with E-state index in [2.05, 4.69) is 27.7 Å². The lowest BCUT2D eigenvalue weighted by molar-refractivity contribution is -0.0431. The summed E-state index contributed by atoms with van der Waals surface area (Å²) in [6, 6.07) is 15.8. The van der Waals surface area contributed by atoms with Crippen molar-refractivity contribution in [1.82, 2.24) is 10.2 Å². The summed E-state index contributed by atoms with van der Waals surface area (Å²) in [5.74, 6) is 0.651. The van der Waals surface area contributed by atoms with Crippen molar-refractivity contribution in [1.29, 1.82) is 0 Å². The first kappa shape index (κ1) is 18.6. The highest BCUT2D eigenvalue weighted by Crippen LogP contribution is 2.40. The number of hydrogen-bond donors (Lipinski definition) is 2. The SMILES string of the molecule is CC1(C)Oc2ccc(NC(=O)NCC(c3ccccc3)N3CCCC3)cc2O1. The lowest BCUT2D eigenvalue weighted by atomic mass is 10.1. The van der Waals surface area contributed by atoms with E-state index in [-0.39, 0.29) is 12.1 Å². The number of carbonyl (C=O) groups is 1. The van der Waals surface area contributed by atoms with Crippen LogP contribution in [-0.4, -0.2) is 36.4 Å². The number of likely N-dealkylation sites (tertiary alicyclic amines) is 1. The first-order chi connectivity index (χ1) is 13.5. The molecule has 4 rings (SSSR count). The highest BCUT2D eigenvalue weighted by atomic mass is 16.7. The average molecular weight is 381 g/mol. The fraction of sp³-hybridized carbons (Fsp3) is 0.409. The molecule has 2 N–H and O–H groups in total. The van der Waals surface area contributed by atoms with E-state index in [1.807, 2.05) is 44.2 Å². The van der Waals surface area contributed by atoms with Crippen molar-refractivity contribution in [2.45, 2.75) is 38.5 Å². The number of amides is 2. The smallest absolute Gasteiger partial charge is 0.319 e. The number of nitrogens with zero attached hydrogens (tertiary/aromatic N) is 1. The second-order valence-electron chi connectivity index (χ2n) is 7.77. The Kier molecular flexibility index (Phi) is 5.13. The molecule has 28 heavy (non-hydrogen) atoms. The summed E-state index contributed by atoms with van der Waals surface area (Å²) in [7, 11) is 0. The van der Waals surface area contributed by atoms with Gasteiger partial charge in [-0.15, -0.1) is 0 Å². The highest BCUT2D eigenvalue weighted by molar-refractivity contribution is 5.89. The zero-order chi connectivity index (χ0) is 19.6. The molecule has 2 aliphatic heterocycles. The molecule has 0 aliphatic carbocycles. The quantitative estimate of drug-likeness (QED) is 0.817. The average Bonchev–Trinajstić information content (AvgIpc) is 3.29. The van der Waals surface area contributed by atoms with Crippen LogP contribution in [0, 0.1) is 0 Å². The van der Waals surface area contributed by atoms with Gasteiger partial charge in [-0.1, -0.05) is 30.3 Å². The van der Waals surface area contributed by atoms with Crippen molar-refractivity contribution in [2.75, 3.05) is 25.0 Å². The largest absolute Gasteiger partial charge is 0.449 e. The molecule has 0 radical (unpaired) electrons. The van der Waals surface area contributed by atoms with E-state index in [4.69, 9.17) is 9.47 Å². The summed E-state index contributed by atoms with van der Waals surface area (Å²) in [6.45, 7) is 6.42. The van der Waals surface area contributed by atoms with Gasteiger partial charge >= 0.3 is 6.03 Å². The first-order valence-electron chi connectivity index (χ1n) is 9.86. The van der Waals surface area contributed by atoms with Crippen molar-refractivity contribution in [3.63, 3.8) is 0 Å². The Morgan fingerprint density at radius 3 is 2.54 bits per heavy atom. The summed E-state index contributed by atoms with van der Waals surface area (Å²) in [5.41, 5.74) is 1.91. The zero-order valence-electron chi connectivity index (χ0n) is 16.4. The van der Waals surface area contributed by atoms with Crippen molar-refractivity contribution in [3.05, 3.63) is 54.1 Å². The Morgan fingerprint density at radius 1 is 1.07 bits per heavy atom. The number of carbonyl (C=O) groups excluding carboxylic acids is 1. The highest BCUT2D eigenvalue weighted by Gasteiger charge is 2.31. The predicted octanol–water partition coefficient (Wildman–Crippen LogP) is 4.15. The van der Waals surface area contributed by atoms with Gasteiger partial charge in [0.2, 0.25) is 5.79 Å². The maximum Gasteiger partial charge on any atom is 0.319 e. The molecule has 2 aromatic rings. The standard InChI is InChI=1S/C22H27N3O3/c1-22(2)27-19-11-10-17(14-20(19)28-22)24-21(26)23-15-18(25-12-6-7-13-25)16-8-4-3-5-9-16/h3-5,8-11,14,18H,6-7,12-13,15H2,1-2H3,(H2,23,24,26). The van der Waals surface area contributed by atoms with Gasteiger partial charge in [0.1, 0.15) is 0 Å². The molecule has 148 valence electrons. The second-order valence-corrected chi connectivity index (χ2v) is 7.77.